The van der Waals surface area contributed by atoms with Gasteiger partial charge in [-0.3, -0.25) is 14.2 Å². The normalized spacial score (nSPS) is 12.2. The van der Waals surface area contributed by atoms with E-state index in [-0.39, 0.29) is 30.7 Å². The van der Waals surface area contributed by atoms with E-state index in [1.54, 1.807) is 46.3 Å². The van der Waals surface area contributed by atoms with Crippen LogP contribution < -0.4 is 24.2 Å². The predicted octanol–water partition coefficient (Wildman–Crippen LogP) is 0.966. The van der Waals surface area contributed by atoms with E-state index in [1.807, 2.05) is 19.9 Å². The number of esters is 1. The van der Waals surface area contributed by atoms with Gasteiger partial charge in [0.05, 0.1) is 30.4 Å². The molecule has 1 amide bonds. The molecule has 0 bridgehead atoms. The summed E-state index contributed by atoms with van der Waals surface area (Å²) in [7, 11) is 4.76. The van der Waals surface area contributed by atoms with E-state index in [2.05, 4.69) is 0 Å². The molecule has 8 nitrogen and oxygen atoms in total. The van der Waals surface area contributed by atoms with E-state index >= 15 is 0 Å². The number of benzene rings is 1. The van der Waals surface area contributed by atoms with Crippen molar-refractivity contribution in [3.05, 3.63) is 43.3 Å². The fraction of sp³-hybridized carbons (Fsp3) is 0.409. The fourth-order valence-corrected chi connectivity index (χ4v) is 3.66. The molecular formula is C22H28N2O6S. The van der Waals surface area contributed by atoms with Gasteiger partial charge in [0.15, 0.2) is 11.5 Å². The SMILES string of the molecule is CCOC(=O)/C=c1\s/c(=C\c2ccc(OC(C)C)c(OC)c2)c(=O)n1CC(=O)N(C)C. The lowest BCUT2D eigenvalue weighted by atomic mass is 10.2. The Morgan fingerprint density at radius 3 is 2.52 bits per heavy atom. The van der Waals surface area contributed by atoms with E-state index in [1.165, 1.54) is 15.5 Å². The number of hydrogen-bond acceptors (Lipinski definition) is 7. The summed E-state index contributed by atoms with van der Waals surface area (Å²) in [6, 6.07) is 5.35. The molecule has 9 heteroatoms. The zero-order chi connectivity index (χ0) is 23.1. The van der Waals surface area contributed by atoms with Crippen molar-refractivity contribution < 1.29 is 23.8 Å². The van der Waals surface area contributed by atoms with Gasteiger partial charge in [0.1, 0.15) is 11.2 Å². The van der Waals surface area contributed by atoms with Crippen LogP contribution >= 0.6 is 11.3 Å². The first-order valence-corrected chi connectivity index (χ1v) is 10.6. The maximum Gasteiger partial charge on any atom is 0.333 e. The Labute approximate surface area is 185 Å². The highest BCUT2D eigenvalue weighted by atomic mass is 32.1. The zero-order valence-corrected chi connectivity index (χ0v) is 19.4. The summed E-state index contributed by atoms with van der Waals surface area (Å²) in [6.45, 7) is 5.58. The molecule has 2 aromatic rings. The third-order valence-electron chi connectivity index (χ3n) is 4.10. The van der Waals surface area contributed by atoms with Crippen molar-refractivity contribution in [2.45, 2.75) is 33.4 Å². The average molecular weight is 449 g/mol. The smallest absolute Gasteiger partial charge is 0.333 e. The van der Waals surface area contributed by atoms with Gasteiger partial charge in [-0.1, -0.05) is 6.07 Å². The molecule has 31 heavy (non-hydrogen) atoms. The van der Waals surface area contributed by atoms with Gasteiger partial charge in [-0.2, -0.15) is 0 Å². The first kappa shape index (κ1) is 24.2. The second kappa shape index (κ2) is 10.8. The molecule has 0 unspecified atom stereocenters. The lowest BCUT2D eigenvalue weighted by molar-refractivity contribution is -0.135. The number of thiazole rings is 1. The van der Waals surface area contributed by atoms with Crippen molar-refractivity contribution in [2.24, 2.45) is 0 Å². The van der Waals surface area contributed by atoms with Crippen molar-refractivity contribution in [1.82, 2.24) is 9.47 Å². The van der Waals surface area contributed by atoms with Gasteiger partial charge >= 0.3 is 5.97 Å². The number of likely N-dealkylation sites (N-methyl/N-ethyl adjacent to an activating group) is 1. The molecule has 1 aromatic heterocycles. The highest BCUT2D eigenvalue weighted by Crippen LogP contribution is 2.29. The molecule has 1 heterocycles. The van der Waals surface area contributed by atoms with Gasteiger partial charge in [-0.05, 0) is 44.5 Å². The predicted molar refractivity (Wildman–Crippen MR) is 120 cm³/mol. The molecule has 0 aliphatic rings. The van der Waals surface area contributed by atoms with Crippen LogP contribution in [0, 0.1) is 0 Å². The Morgan fingerprint density at radius 2 is 1.94 bits per heavy atom. The molecule has 1 aromatic carbocycles. The standard InChI is InChI=1S/C22H28N2O6S/c1-7-29-21(26)12-20-24(13-19(25)23(4)5)22(27)18(31-20)11-15-8-9-16(30-14(2)3)17(10-15)28-6/h8-12,14H,7,13H2,1-6H3/b18-11-,20-12-. The largest absolute Gasteiger partial charge is 0.493 e. The van der Waals surface area contributed by atoms with Crippen molar-refractivity contribution in [3.63, 3.8) is 0 Å². The maximum atomic E-state index is 13.0. The van der Waals surface area contributed by atoms with Crippen LogP contribution in [0.5, 0.6) is 11.5 Å². The molecule has 0 saturated heterocycles. The average Bonchev–Trinajstić information content (AvgIpc) is 2.97. The van der Waals surface area contributed by atoms with E-state index < -0.39 is 5.97 Å². The number of aromatic nitrogens is 1. The van der Waals surface area contributed by atoms with Crippen LogP contribution in [-0.4, -0.2) is 55.3 Å². The summed E-state index contributed by atoms with van der Waals surface area (Å²) in [5.41, 5.74) is 0.359. The summed E-state index contributed by atoms with van der Waals surface area (Å²) in [5, 5.41) is 0. The third-order valence-corrected chi connectivity index (χ3v) is 5.16. The second-order valence-corrected chi connectivity index (χ2v) is 8.16. The molecule has 168 valence electrons. The van der Waals surface area contributed by atoms with Crippen LogP contribution in [0.3, 0.4) is 0 Å². The lowest BCUT2D eigenvalue weighted by Crippen LogP contribution is -2.38. The Balaban J connectivity index is 2.59. The van der Waals surface area contributed by atoms with Crippen molar-refractivity contribution >= 4 is 35.4 Å². The van der Waals surface area contributed by atoms with E-state index in [4.69, 9.17) is 14.2 Å². The quantitative estimate of drug-likeness (QED) is 0.560. The van der Waals surface area contributed by atoms with E-state index in [0.29, 0.717) is 20.7 Å². The molecule has 0 N–H and O–H groups in total. The Hall–Kier alpha value is -3.07. The third kappa shape index (κ3) is 6.45. The van der Waals surface area contributed by atoms with Crippen LogP contribution in [0.1, 0.15) is 26.3 Å². The Kier molecular flexibility index (Phi) is 8.44. The number of rotatable bonds is 8. The monoisotopic (exact) mass is 448 g/mol. The van der Waals surface area contributed by atoms with Gasteiger partial charge in [-0.15, -0.1) is 11.3 Å². The van der Waals surface area contributed by atoms with Crippen LogP contribution in [0.25, 0.3) is 12.2 Å². The zero-order valence-electron chi connectivity index (χ0n) is 18.6. The molecule has 0 radical (unpaired) electrons. The Morgan fingerprint density at radius 1 is 1.23 bits per heavy atom. The molecule has 0 atom stereocenters. The van der Waals surface area contributed by atoms with Crippen LogP contribution in [0.4, 0.5) is 0 Å². The summed E-state index contributed by atoms with van der Waals surface area (Å²) >= 11 is 1.11. The number of methoxy groups -OCH3 is 1. The highest BCUT2D eigenvalue weighted by molar-refractivity contribution is 7.07. The Bertz CT molecular complexity index is 1110. The molecule has 2 rings (SSSR count). The summed E-state index contributed by atoms with van der Waals surface area (Å²) in [6.07, 6.45) is 2.91. The number of amides is 1. The van der Waals surface area contributed by atoms with Gasteiger partial charge in [0.25, 0.3) is 5.56 Å². The molecule has 0 fully saturated rings. The van der Waals surface area contributed by atoms with E-state index in [9.17, 15) is 14.4 Å². The minimum absolute atomic E-state index is 0.0107. The maximum absolute atomic E-state index is 13.0. The summed E-state index contributed by atoms with van der Waals surface area (Å²) in [4.78, 5) is 38.5. The van der Waals surface area contributed by atoms with Gasteiger partial charge in [0.2, 0.25) is 5.91 Å². The van der Waals surface area contributed by atoms with Crippen LogP contribution in [0.2, 0.25) is 0 Å². The number of hydrogen-bond donors (Lipinski definition) is 0. The number of ether oxygens (including phenoxy) is 3. The number of nitrogens with zero attached hydrogens (tertiary/aromatic N) is 2. The summed E-state index contributed by atoms with van der Waals surface area (Å²) in [5.74, 6) is 0.312. The van der Waals surface area contributed by atoms with Crippen LogP contribution in [-0.2, 0) is 20.9 Å². The van der Waals surface area contributed by atoms with Crippen molar-refractivity contribution in [1.29, 1.82) is 0 Å². The fourth-order valence-electron chi connectivity index (χ4n) is 2.63. The number of carbonyl (C=O) groups excluding carboxylic acids is 2. The van der Waals surface area contributed by atoms with E-state index in [0.717, 1.165) is 16.9 Å². The minimum atomic E-state index is -0.571. The van der Waals surface area contributed by atoms with Crippen molar-refractivity contribution in [2.75, 3.05) is 27.8 Å². The molecule has 0 saturated carbocycles. The molecular weight excluding hydrogens is 420 g/mol. The topological polar surface area (TPSA) is 87.1 Å². The van der Waals surface area contributed by atoms with Crippen molar-refractivity contribution in [3.8, 4) is 11.5 Å². The van der Waals surface area contributed by atoms with Gasteiger partial charge in [-0.25, -0.2) is 4.79 Å². The first-order valence-electron chi connectivity index (χ1n) is 9.81. The molecule has 0 spiro atoms. The first-order chi connectivity index (χ1) is 14.7. The lowest BCUT2D eigenvalue weighted by Gasteiger charge is -2.13. The van der Waals surface area contributed by atoms with Crippen LogP contribution in [0.15, 0.2) is 23.0 Å². The summed E-state index contributed by atoms with van der Waals surface area (Å²) < 4.78 is 18.1. The minimum Gasteiger partial charge on any atom is -0.493 e. The van der Waals surface area contributed by atoms with Gasteiger partial charge in [0, 0.05) is 14.1 Å². The second-order valence-electron chi connectivity index (χ2n) is 7.10. The molecule has 0 aliphatic carbocycles. The molecule has 0 aliphatic heterocycles. The highest BCUT2D eigenvalue weighted by Gasteiger charge is 2.13. The van der Waals surface area contributed by atoms with Gasteiger partial charge < -0.3 is 19.1 Å². The number of carbonyl (C=O) groups is 2.